The molecule has 3 aliphatic rings. The van der Waals surface area contributed by atoms with E-state index >= 15 is 0 Å². The first-order valence-corrected chi connectivity index (χ1v) is 13.7. The molecule has 202 valence electrons. The van der Waals surface area contributed by atoms with E-state index in [2.05, 4.69) is 53.9 Å². The number of pyridine rings is 1. The Morgan fingerprint density at radius 2 is 1.65 bits per heavy atom. The number of rotatable bonds is 4. The van der Waals surface area contributed by atoms with Crippen LogP contribution in [-0.4, -0.2) is 57.9 Å². The van der Waals surface area contributed by atoms with Crippen LogP contribution < -0.4 is 15.5 Å². The summed E-state index contributed by atoms with van der Waals surface area (Å²) < 4.78 is 0. The van der Waals surface area contributed by atoms with Crippen molar-refractivity contribution in [2.45, 2.75) is 19.3 Å². The van der Waals surface area contributed by atoms with Crippen LogP contribution in [0.4, 0.5) is 17.2 Å². The summed E-state index contributed by atoms with van der Waals surface area (Å²) in [6.45, 7) is 4.50. The minimum atomic E-state index is 0.186. The Hall–Kier alpha value is -4.77. The minimum Gasteiger partial charge on any atom is -0.507 e. The van der Waals surface area contributed by atoms with E-state index in [0.29, 0.717) is 23.6 Å². The minimum absolute atomic E-state index is 0.186. The van der Waals surface area contributed by atoms with Crippen molar-refractivity contribution in [3.05, 3.63) is 91.1 Å². The maximum absolute atomic E-state index is 10.3. The Bertz CT molecular complexity index is 1510. The summed E-state index contributed by atoms with van der Waals surface area (Å²) in [6.07, 6.45) is 17.2. The highest BCUT2D eigenvalue weighted by Gasteiger charge is 2.41. The Morgan fingerprint density at radius 1 is 0.900 bits per heavy atom. The van der Waals surface area contributed by atoms with Crippen LogP contribution in [0.5, 0.6) is 5.75 Å². The molecular weight excluding hydrogens is 498 g/mol. The molecule has 8 nitrogen and oxygen atoms in total. The van der Waals surface area contributed by atoms with E-state index in [1.54, 1.807) is 12.1 Å². The molecule has 0 unspecified atom stereocenters. The summed E-state index contributed by atoms with van der Waals surface area (Å²) >= 11 is 0. The Morgan fingerprint density at radius 3 is 2.42 bits per heavy atom. The molecule has 3 aromatic rings. The second-order valence-corrected chi connectivity index (χ2v) is 10.6. The Labute approximate surface area is 235 Å². The van der Waals surface area contributed by atoms with E-state index in [4.69, 9.17) is 5.73 Å². The summed E-state index contributed by atoms with van der Waals surface area (Å²) in [4.78, 5) is 11.3. The van der Waals surface area contributed by atoms with E-state index in [9.17, 15) is 5.11 Å². The number of benzene rings is 1. The summed E-state index contributed by atoms with van der Waals surface area (Å²) in [7, 11) is 0. The van der Waals surface area contributed by atoms with Crippen LogP contribution in [0.2, 0.25) is 0 Å². The molecule has 3 N–H and O–H groups in total. The van der Waals surface area contributed by atoms with Crippen molar-refractivity contribution < 1.29 is 5.11 Å². The summed E-state index contributed by atoms with van der Waals surface area (Å²) in [5.74, 6) is 7.09. The molecule has 2 fully saturated rings. The van der Waals surface area contributed by atoms with E-state index < -0.39 is 0 Å². The van der Waals surface area contributed by atoms with E-state index in [-0.39, 0.29) is 11.2 Å². The fourth-order valence-electron chi connectivity index (χ4n) is 5.76. The Kier molecular flexibility index (Phi) is 7.11. The third-order valence-electron chi connectivity index (χ3n) is 8.06. The van der Waals surface area contributed by atoms with Crippen molar-refractivity contribution in [3.8, 4) is 28.8 Å². The zero-order valence-electron chi connectivity index (χ0n) is 22.4. The van der Waals surface area contributed by atoms with Gasteiger partial charge in [0.1, 0.15) is 11.4 Å². The van der Waals surface area contributed by atoms with Crippen molar-refractivity contribution in [3.63, 3.8) is 0 Å². The number of phenolic OH excluding ortho intramolecular Hbond substituents is 1. The number of piperidine rings is 1. The van der Waals surface area contributed by atoms with Gasteiger partial charge in [-0.2, -0.15) is 0 Å². The second-order valence-electron chi connectivity index (χ2n) is 10.6. The van der Waals surface area contributed by atoms with Gasteiger partial charge in [0, 0.05) is 56.0 Å². The summed E-state index contributed by atoms with van der Waals surface area (Å²) in [6, 6.07) is 13.3. The molecule has 6 rings (SSSR count). The number of nitrogens with two attached hydrogens (primary N) is 1. The Balaban J connectivity index is 1.09. The molecule has 0 aliphatic carbocycles. The normalized spacial score (nSPS) is 17.6. The smallest absolute Gasteiger partial charge is 0.169 e. The van der Waals surface area contributed by atoms with Crippen LogP contribution in [0.1, 0.15) is 25.0 Å². The zero-order chi connectivity index (χ0) is 27.4. The molecule has 40 heavy (non-hydrogen) atoms. The summed E-state index contributed by atoms with van der Waals surface area (Å²) in [5.41, 5.74) is 10.7. The standard InChI is InChI=1S/C32H33N7O/c33-31-29(23-28(35-36-31)27-9-3-4-10-30(27)40)38-19-12-32(13-20-38)14-21-39(24-32)26-11-15-34-25(22-26)8-7-18-37-16-5-1-2-6-17-37/h1-6,9-11,15-17,22-23,40H,12-14,18-21,24H2,(H2,33,36). The molecule has 1 spiro atoms. The lowest BCUT2D eigenvalue weighted by atomic mass is 9.77. The molecule has 0 atom stereocenters. The lowest BCUT2D eigenvalue weighted by Gasteiger charge is -2.40. The predicted octanol–water partition coefficient (Wildman–Crippen LogP) is 4.57. The molecule has 0 bridgehead atoms. The predicted molar refractivity (Wildman–Crippen MR) is 159 cm³/mol. The maximum Gasteiger partial charge on any atom is 0.169 e. The first kappa shape index (κ1) is 25.5. The van der Waals surface area contributed by atoms with Crippen molar-refractivity contribution in [2.24, 2.45) is 5.41 Å². The second kappa shape index (κ2) is 11.1. The lowest BCUT2D eigenvalue weighted by molar-refractivity contribution is 0.250. The number of nitrogens with zero attached hydrogens (tertiary/aromatic N) is 6. The third kappa shape index (κ3) is 5.50. The molecule has 1 aromatic carbocycles. The zero-order valence-corrected chi connectivity index (χ0v) is 22.4. The van der Waals surface area contributed by atoms with Crippen LogP contribution in [0.25, 0.3) is 11.3 Å². The quantitative estimate of drug-likeness (QED) is 0.473. The van der Waals surface area contributed by atoms with E-state index in [1.165, 1.54) is 12.1 Å². The number of phenols is 1. The van der Waals surface area contributed by atoms with Gasteiger partial charge in [-0.15, -0.1) is 10.2 Å². The van der Waals surface area contributed by atoms with Crippen molar-refractivity contribution >= 4 is 17.2 Å². The van der Waals surface area contributed by atoms with Gasteiger partial charge in [0.05, 0.1) is 17.9 Å². The molecule has 3 aliphatic heterocycles. The van der Waals surface area contributed by atoms with Gasteiger partial charge in [0.2, 0.25) is 0 Å². The third-order valence-corrected chi connectivity index (χ3v) is 8.06. The largest absolute Gasteiger partial charge is 0.507 e. The molecule has 2 saturated heterocycles. The number of hydrogen-bond donors (Lipinski definition) is 2. The van der Waals surface area contributed by atoms with E-state index in [0.717, 1.165) is 50.4 Å². The number of nitrogen functional groups attached to an aromatic ring is 1. The fraction of sp³-hybridized carbons (Fsp3) is 0.281. The van der Waals surface area contributed by atoms with Crippen molar-refractivity contribution in [1.82, 2.24) is 20.1 Å². The van der Waals surface area contributed by atoms with Gasteiger partial charge in [-0.05, 0) is 73.1 Å². The van der Waals surface area contributed by atoms with Crippen molar-refractivity contribution in [2.75, 3.05) is 48.3 Å². The first-order chi connectivity index (χ1) is 19.6. The maximum atomic E-state index is 10.3. The fourth-order valence-corrected chi connectivity index (χ4v) is 5.76. The number of hydrogen-bond acceptors (Lipinski definition) is 8. The number of aromatic hydroxyl groups is 1. The highest BCUT2D eigenvalue weighted by Crippen LogP contribution is 2.43. The van der Waals surface area contributed by atoms with Crippen molar-refractivity contribution in [1.29, 1.82) is 0 Å². The van der Waals surface area contributed by atoms with Gasteiger partial charge in [-0.25, -0.2) is 4.98 Å². The van der Waals surface area contributed by atoms with E-state index in [1.807, 2.05) is 61.1 Å². The van der Waals surface area contributed by atoms with Crippen LogP contribution in [0.3, 0.4) is 0 Å². The van der Waals surface area contributed by atoms with Crippen LogP contribution >= 0.6 is 0 Å². The molecular formula is C32H33N7O. The van der Waals surface area contributed by atoms with Gasteiger partial charge >= 0.3 is 0 Å². The molecule has 8 heteroatoms. The van der Waals surface area contributed by atoms with Gasteiger partial charge in [-0.1, -0.05) is 30.2 Å². The molecule has 0 radical (unpaired) electrons. The highest BCUT2D eigenvalue weighted by molar-refractivity contribution is 5.74. The van der Waals surface area contributed by atoms with Crippen LogP contribution in [0.15, 0.2) is 85.4 Å². The van der Waals surface area contributed by atoms with Crippen LogP contribution in [0, 0.1) is 17.3 Å². The number of allylic oxidation sites excluding steroid dienone is 4. The number of anilines is 3. The lowest BCUT2D eigenvalue weighted by Crippen LogP contribution is -2.42. The number of aromatic nitrogens is 3. The van der Waals surface area contributed by atoms with Gasteiger partial charge in [0.25, 0.3) is 0 Å². The summed E-state index contributed by atoms with van der Waals surface area (Å²) in [5, 5.41) is 18.7. The van der Waals surface area contributed by atoms with Gasteiger partial charge in [0.15, 0.2) is 5.82 Å². The van der Waals surface area contributed by atoms with Gasteiger partial charge < -0.3 is 25.5 Å². The molecule has 2 aromatic heterocycles. The van der Waals surface area contributed by atoms with Gasteiger partial charge in [-0.3, -0.25) is 0 Å². The SMILES string of the molecule is Nc1nnc(-c2ccccc2O)cc1N1CCC2(CCN(c3ccnc(C#CCN4C=CC=CC=C4)c3)C2)CC1. The average molecular weight is 532 g/mol. The van der Waals surface area contributed by atoms with Crippen LogP contribution in [-0.2, 0) is 0 Å². The molecule has 0 saturated carbocycles. The average Bonchev–Trinajstić information content (AvgIpc) is 3.20. The highest BCUT2D eigenvalue weighted by atomic mass is 16.3. The molecule has 0 amide bonds. The first-order valence-electron chi connectivity index (χ1n) is 13.7. The molecule has 5 heterocycles. The number of para-hydroxylation sites is 1. The topological polar surface area (TPSA) is 94.6 Å². The monoisotopic (exact) mass is 531 g/mol.